The molecule has 0 bridgehead atoms. The molecule has 1 spiro atoms. The largest absolute Gasteiger partial charge is 0.361 e. The number of hydrogen-bond donors (Lipinski definition) is 1. The number of carbonyl (C=O) groups excluding carboxylic acids is 1. The highest BCUT2D eigenvalue weighted by Crippen LogP contribution is 2.37. The molecule has 5 heteroatoms. The second-order valence-corrected chi connectivity index (χ2v) is 5.66. The molecule has 0 radical (unpaired) electrons. The van der Waals surface area contributed by atoms with Gasteiger partial charge in [0.1, 0.15) is 5.76 Å². The van der Waals surface area contributed by atoms with Crippen LogP contribution in [0.1, 0.15) is 29.9 Å². The molecule has 0 aliphatic carbocycles. The van der Waals surface area contributed by atoms with E-state index in [1.54, 1.807) is 0 Å². The van der Waals surface area contributed by atoms with E-state index < -0.39 is 0 Å². The first-order chi connectivity index (χ1) is 8.60. The van der Waals surface area contributed by atoms with Crippen molar-refractivity contribution < 1.29 is 9.32 Å². The maximum Gasteiger partial charge on any atom is 0.223 e. The molecule has 0 aromatic carbocycles. The van der Waals surface area contributed by atoms with Gasteiger partial charge in [0.05, 0.1) is 12.2 Å². The topological polar surface area (TPSA) is 58.4 Å². The Kier molecular flexibility index (Phi) is 2.66. The third-order valence-electron chi connectivity index (χ3n) is 4.27. The van der Waals surface area contributed by atoms with Gasteiger partial charge in [-0.25, -0.2) is 0 Å². The third kappa shape index (κ3) is 1.82. The van der Waals surface area contributed by atoms with Crippen molar-refractivity contribution in [3.63, 3.8) is 0 Å². The number of nitrogens with zero attached hydrogens (tertiary/aromatic N) is 2. The van der Waals surface area contributed by atoms with Crippen LogP contribution >= 0.6 is 0 Å². The molecule has 3 rings (SSSR count). The summed E-state index contributed by atoms with van der Waals surface area (Å²) in [6.45, 7) is 7.34. The molecule has 2 aliphatic rings. The van der Waals surface area contributed by atoms with Gasteiger partial charge in [0, 0.05) is 30.5 Å². The lowest BCUT2D eigenvalue weighted by Crippen LogP contribution is -2.30. The lowest BCUT2D eigenvalue weighted by molar-refractivity contribution is -0.128. The number of aryl methyl sites for hydroxylation is 2. The van der Waals surface area contributed by atoms with Crippen LogP contribution in [0.5, 0.6) is 0 Å². The summed E-state index contributed by atoms with van der Waals surface area (Å²) in [7, 11) is 0. The summed E-state index contributed by atoms with van der Waals surface area (Å²) in [6.07, 6.45) is 1.79. The van der Waals surface area contributed by atoms with Gasteiger partial charge in [0.25, 0.3) is 0 Å². The fourth-order valence-corrected chi connectivity index (χ4v) is 3.13. The summed E-state index contributed by atoms with van der Waals surface area (Å²) in [4.78, 5) is 14.1. The molecule has 3 heterocycles. The van der Waals surface area contributed by atoms with E-state index in [0.717, 1.165) is 43.1 Å². The zero-order valence-corrected chi connectivity index (χ0v) is 11.0. The maximum absolute atomic E-state index is 12.1. The van der Waals surface area contributed by atoms with Crippen molar-refractivity contribution in [1.82, 2.24) is 15.4 Å². The van der Waals surface area contributed by atoms with Gasteiger partial charge in [0.2, 0.25) is 5.91 Å². The first-order valence-corrected chi connectivity index (χ1v) is 6.50. The van der Waals surface area contributed by atoms with Crippen LogP contribution in [0.2, 0.25) is 0 Å². The van der Waals surface area contributed by atoms with Crippen molar-refractivity contribution in [3.05, 3.63) is 17.0 Å². The average Bonchev–Trinajstić information content (AvgIpc) is 2.98. The summed E-state index contributed by atoms with van der Waals surface area (Å²) in [5, 5.41) is 7.31. The Balaban J connectivity index is 1.76. The highest BCUT2D eigenvalue weighted by atomic mass is 16.5. The Bertz CT molecular complexity index is 455. The van der Waals surface area contributed by atoms with E-state index in [-0.39, 0.29) is 11.3 Å². The number of nitrogens with one attached hydrogen (secondary N) is 1. The molecule has 1 N–H and O–H groups in total. The zero-order valence-electron chi connectivity index (χ0n) is 11.0. The van der Waals surface area contributed by atoms with Crippen molar-refractivity contribution in [2.45, 2.75) is 33.2 Å². The number of hydrogen-bond acceptors (Lipinski definition) is 4. The minimum Gasteiger partial charge on any atom is -0.361 e. The normalized spacial score (nSPS) is 27.7. The Labute approximate surface area is 107 Å². The summed E-state index contributed by atoms with van der Waals surface area (Å²) in [5.74, 6) is 1.09. The first kappa shape index (κ1) is 11.7. The Hall–Kier alpha value is -1.36. The van der Waals surface area contributed by atoms with Gasteiger partial charge in [-0.3, -0.25) is 4.79 Å². The summed E-state index contributed by atoms with van der Waals surface area (Å²) < 4.78 is 5.16. The standard InChI is InChI=1S/C13H19N3O2/c1-9-11(10(2)18-15-9)6-16-8-13(5-12(16)17)3-4-14-7-13/h14H,3-8H2,1-2H3/t13-/m1/s1. The minimum atomic E-state index is 0.177. The fourth-order valence-electron chi connectivity index (χ4n) is 3.13. The van der Waals surface area contributed by atoms with E-state index in [4.69, 9.17) is 4.52 Å². The number of amides is 1. The van der Waals surface area contributed by atoms with Crippen LogP contribution in [0.15, 0.2) is 4.52 Å². The summed E-state index contributed by atoms with van der Waals surface area (Å²) in [6, 6.07) is 0. The van der Waals surface area contributed by atoms with Crippen molar-refractivity contribution in [3.8, 4) is 0 Å². The number of carbonyl (C=O) groups is 1. The molecule has 0 saturated carbocycles. The third-order valence-corrected chi connectivity index (χ3v) is 4.27. The molecular weight excluding hydrogens is 230 g/mol. The predicted octanol–water partition coefficient (Wildman–Crippen LogP) is 1.00. The molecule has 1 atom stereocenters. The van der Waals surface area contributed by atoms with Gasteiger partial charge in [-0.05, 0) is 26.8 Å². The van der Waals surface area contributed by atoms with Crippen molar-refractivity contribution in [2.24, 2.45) is 5.41 Å². The van der Waals surface area contributed by atoms with Gasteiger partial charge in [-0.2, -0.15) is 0 Å². The van der Waals surface area contributed by atoms with Crippen LogP contribution in [-0.4, -0.2) is 35.6 Å². The average molecular weight is 249 g/mol. The van der Waals surface area contributed by atoms with Gasteiger partial charge in [-0.1, -0.05) is 5.16 Å². The SMILES string of the molecule is Cc1noc(C)c1CN1C[C@]2(CCNC2)CC1=O. The van der Waals surface area contributed by atoms with Crippen molar-refractivity contribution >= 4 is 5.91 Å². The molecule has 1 amide bonds. The summed E-state index contributed by atoms with van der Waals surface area (Å²) in [5.41, 5.74) is 2.13. The van der Waals surface area contributed by atoms with Gasteiger partial charge >= 0.3 is 0 Å². The van der Waals surface area contributed by atoms with E-state index in [0.29, 0.717) is 13.0 Å². The first-order valence-electron chi connectivity index (χ1n) is 6.50. The Morgan fingerprint density at radius 3 is 2.94 bits per heavy atom. The number of rotatable bonds is 2. The molecule has 5 nitrogen and oxygen atoms in total. The predicted molar refractivity (Wildman–Crippen MR) is 65.9 cm³/mol. The highest BCUT2D eigenvalue weighted by Gasteiger charge is 2.44. The fraction of sp³-hybridized carbons (Fsp3) is 0.692. The van der Waals surface area contributed by atoms with E-state index in [1.807, 2.05) is 18.7 Å². The van der Waals surface area contributed by atoms with Crippen LogP contribution in [0.25, 0.3) is 0 Å². The van der Waals surface area contributed by atoms with E-state index in [1.165, 1.54) is 0 Å². The van der Waals surface area contributed by atoms with Gasteiger partial charge in [0.15, 0.2) is 0 Å². The number of likely N-dealkylation sites (tertiary alicyclic amines) is 1. The molecule has 2 fully saturated rings. The van der Waals surface area contributed by atoms with E-state index in [2.05, 4.69) is 10.5 Å². The van der Waals surface area contributed by atoms with Crippen molar-refractivity contribution in [2.75, 3.05) is 19.6 Å². The van der Waals surface area contributed by atoms with E-state index >= 15 is 0 Å². The number of aromatic nitrogens is 1. The molecule has 98 valence electrons. The molecule has 2 aliphatic heterocycles. The molecular formula is C13H19N3O2. The lowest BCUT2D eigenvalue weighted by atomic mass is 9.86. The summed E-state index contributed by atoms with van der Waals surface area (Å²) >= 11 is 0. The smallest absolute Gasteiger partial charge is 0.223 e. The molecule has 1 aromatic heterocycles. The van der Waals surface area contributed by atoms with Crippen LogP contribution in [0.4, 0.5) is 0 Å². The van der Waals surface area contributed by atoms with Gasteiger partial charge in [-0.15, -0.1) is 0 Å². The van der Waals surface area contributed by atoms with Crippen LogP contribution in [0.3, 0.4) is 0 Å². The maximum atomic E-state index is 12.1. The van der Waals surface area contributed by atoms with Crippen LogP contribution in [0, 0.1) is 19.3 Å². The lowest BCUT2D eigenvalue weighted by Gasteiger charge is -2.22. The van der Waals surface area contributed by atoms with Crippen LogP contribution < -0.4 is 5.32 Å². The second-order valence-electron chi connectivity index (χ2n) is 5.66. The highest BCUT2D eigenvalue weighted by molar-refractivity contribution is 5.79. The molecule has 2 saturated heterocycles. The minimum absolute atomic E-state index is 0.177. The molecule has 0 unspecified atom stereocenters. The Morgan fingerprint density at radius 2 is 2.33 bits per heavy atom. The van der Waals surface area contributed by atoms with Crippen molar-refractivity contribution in [1.29, 1.82) is 0 Å². The van der Waals surface area contributed by atoms with Crippen LogP contribution in [-0.2, 0) is 11.3 Å². The van der Waals surface area contributed by atoms with E-state index in [9.17, 15) is 4.79 Å². The molecule has 1 aromatic rings. The zero-order chi connectivity index (χ0) is 12.8. The molecule has 18 heavy (non-hydrogen) atoms. The second kappa shape index (κ2) is 4.09. The quantitative estimate of drug-likeness (QED) is 0.849. The monoisotopic (exact) mass is 249 g/mol. The Morgan fingerprint density at radius 1 is 1.50 bits per heavy atom. The van der Waals surface area contributed by atoms with Gasteiger partial charge < -0.3 is 14.7 Å².